The average Bonchev–Trinajstić information content (AvgIpc) is 2.85. The maximum absolute atomic E-state index is 12.0. The Morgan fingerprint density at radius 2 is 2.00 bits per heavy atom. The maximum atomic E-state index is 12.0. The van der Waals surface area contributed by atoms with Crippen molar-refractivity contribution in [1.82, 2.24) is 20.4 Å². The highest BCUT2D eigenvalue weighted by atomic mass is 32.2. The standard InChI is InChI=1S/C10H16N6O2S/c1-10(2,3)7-4-8(14-13-7)16-19(17,18)6-5-12-15-9(6)11/h4-5H,1-3H3,(H3,11,12,15)(H2,13,14,16). The molecule has 0 fully saturated rings. The summed E-state index contributed by atoms with van der Waals surface area (Å²) in [5.74, 6) is 0.199. The minimum Gasteiger partial charge on any atom is -0.383 e. The topological polar surface area (TPSA) is 130 Å². The van der Waals surface area contributed by atoms with Gasteiger partial charge in [0, 0.05) is 17.2 Å². The number of H-pyrrole nitrogens is 2. The molecule has 0 aromatic carbocycles. The van der Waals surface area contributed by atoms with Crippen molar-refractivity contribution >= 4 is 21.7 Å². The molecule has 0 bridgehead atoms. The van der Waals surface area contributed by atoms with Crippen LogP contribution in [0.15, 0.2) is 17.2 Å². The van der Waals surface area contributed by atoms with E-state index < -0.39 is 10.0 Å². The van der Waals surface area contributed by atoms with Crippen molar-refractivity contribution in [3.8, 4) is 0 Å². The molecule has 19 heavy (non-hydrogen) atoms. The maximum Gasteiger partial charge on any atom is 0.268 e. The van der Waals surface area contributed by atoms with Crippen molar-refractivity contribution in [2.75, 3.05) is 10.5 Å². The molecule has 2 aromatic heterocycles. The monoisotopic (exact) mass is 284 g/mol. The van der Waals surface area contributed by atoms with Crippen LogP contribution in [-0.2, 0) is 15.4 Å². The Labute approximate surface area is 110 Å². The number of rotatable bonds is 3. The predicted molar refractivity (Wildman–Crippen MR) is 71.1 cm³/mol. The minimum absolute atomic E-state index is 0.0147. The van der Waals surface area contributed by atoms with Gasteiger partial charge in [-0.2, -0.15) is 10.2 Å². The Hall–Kier alpha value is -2.03. The summed E-state index contributed by atoms with van der Waals surface area (Å²) < 4.78 is 26.4. The largest absolute Gasteiger partial charge is 0.383 e. The van der Waals surface area contributed by atoms with Gasteiger partial charge in [-0.15, -0.1) is 0 Å². The molecule has 0 aliphatic carbocycles. The highest BCUT2D eigenvalue weighted by Gasteiger charge is 2.22. The van der Waals surface area contributed by atoms with Gasteiger partial charge in [0.05, 0.1) is 6.20 Å². The first-order valence-corrected chi connectivity index (χ1v) is 7.06. The smallest absolute Gasteiger partial charge is 0.268 e. The van der Waals surface area contributed by atoms with Crippen LogP contribution in [0.25, 0.3) is 0 Å². The van der Waals surface area contributed by atoms with Crippen LogP contribution in [-0.4, -0.2) is 28.8 Å². The molecule has 0 spiro atoms. The lowest BCUT2D eigenvalue weighted by Crippen LogP contribution is -2.14. The average molecular weight is 284 g/mol. The van der Waals surface area contributed by atoms with Crippen LogP contribution in [0.2, 0.25) is 0 Å². The van der Waals surface area contributed by atoms with Gasteiger partial charge in [0.15, 0.2) is 5.82 Å². The van der Waals surface area contributed by atoms with Crippen LogP contribution in [0.5, 0.6) is 0 Å². The zero-order valence-corrected chi connectivity index (χ0v) is 11.7. The summed E-state index contributed by atoms with van der Waals surface area (Å²) in [4.78, 5) is -0.104. The van der Waals surface area contributed by atoms with Crippen molar-refractivity contribution in [3.63, 3.8) is 0 Å². The van der Waals surface area contributed by atoms with E-state index >= 15 is 0 Å². The summed E-state index contributed by atoms with van der Waals surface area (Å²) in [6, 6.07) is 1.65. The minimum atomic E-state index is -3.78. The Balaban J connectivity index is 2.27. The van der Waals surface area contributed by atoms with Gasteiger partial charge < -0.3 is 5.73 Å². The second-order valence-electron chi connectivity index (χ2n) is 5.17. The molecule has 2 heterocycles. The van der Waals surface area contributed by atoms with E-state index in [0.717, 1.165) is 11.9 Å². The number of aromatic amines is 2. The van der Waals surface area contributed by atoms with E-state index in [4.69, 9.17) is 5.73 Å². The van der Waals surface area contributed by atoms with Gasteiger partial charge in [-0.05, 0) is 0 Å². The van der Waals surface area contributed by atoms with Crippen LogP contribution in [0.4, 0.5) is 11.6 Å². The lowest BCUT2D eigenvalue weighted by Gasteiger charge is -2.14. The van der Waals surface area contributed by atoms with E-state index in [1.165, 1.54) is 0 Å². The number of aromatic nitrogens is 4. The van der Waals surface area contributed by atoms with Crippen LogP contribution < -0.4 is 10.5 Å². The fourth-order valence-electron chi connectivity index (χ4n) is 1.45. The Morgan fingerprint density at radius 1 is 1.32 bits per heavy atom. The van der Waals surface area contributed by atoms with E-state index in [1.54, 1.807) is 6.07 Å². The predicted octanol–water partition coefficient (Wildman–Crippen LogP) is 0.813. The molecule has 0 aliphatic rings. The summed E-state index contributed by atoms with van der Waals surface area (Å²) in [6.07, 6.45) is 1.15. The van der Waals surface area contributed by atoms with E-state index in [1.807, 2.05) is 20.8 Å². The SMILES string of the molecule is CC(C)(C)c1cc(NS(=O)(=O)c2cn[nH]c2N)n[nH]1. The molecule has 2 rings (SSSR count). The summed E-state index contributed by atoms with van der Waals surface area (Å²) in [5, 5.41) is 12.7. The first-order chi connectivity index (χ1) is 8.70. The summed E-state index contributed by atoms with van der Waals surface area (Å²) in [7, 11) is -3.78. The molecule has 0 atom stereocenters. The van der Waals surface area contributed by atoms with E-state index in [2.05, 4.69) is 25.1 Å². The third-order valence-electron chi connectivity index (χ3n) is 2.55. The van der Waals surface area contributed by atoms with Crippen LogP contribution in [0, 0.1) is 0 Å². The van der Waals surface area contributed by atoms with E-state index in [0.29, 0.717) is 0 Å². The fourth-order valence-corrected chi connectivity index (χ4v) is 2.47. The summed E-state index contributed by atoms with van der Waals surface area (Å²) in [5.41, 5.74) is 6.17. The molecule has 2 aromatic rings. The van der Waals surface area contributed by atoms with Crippen molar-refractivity contribution in [2.45, 2.75) is 31.1 Å². The Bertz CT molecular complexity index is 679. The number of sulfonamides is 1. The molecular weight excluding hydrogens is 268 g/mol. The molecule has 5 N–H and O–H groups in total. The second kappa shape index (κ2) is 4.26. The number of nitrogens with zero attached hydrogens (tertiary/aromatic N) is 2. The van der Waals surface area contributed by atoms with Gasteiger partial charge in [-0.3, -0.25) is 14.9 Å². The van der Waals surface area contributed by atoms with Gasteiger partial charge in [-0.25, -0.2) is 8.42 Å². The van der Waals surface area contributed by atoms with E-state index in [9.17, 15) is 8.42 Å². The van der Waals surface area contributed by atoms with Gasteiger partial charge in [-0.1, -0.05) is 20.8 Å². The number of nitrogen functional groups attached to an aromatic ring is 1. The van der Waals surface area contributed by atoms with E-state index in [-0.39, 0.29) is 21.9 Å². The molecule has 0 unspecified atom stereocenters. The van der Waals surface area contributed by atoms with Crippen molar-refractivity contribution in [2.24, 2.45) is 0 Å². The number of hydrogen-bond donors (Lipinski definition) is 4. The van der Waals surface area contributed by atoms with Crippen molar-refractivity contribution in [1.29, 1.82) is 0 Å². The van der Waals surface area contributed by atoms with Crippen molar-refractivity contribution in [3.05, 3.63) is 18.0 Å². The molecule has 8 nitrogen and oxygen atoms in total. The molecule has 0 saturated heterocycles. The zero-order valence-electron chi connectivity index (χ0n) is 10.9. The Morgan fingerprint density at radius 3 is 2.47 bits per heavy atom. The van der Waals surface area contributed by atoms with Gasteiger partial charge in [0.2, 0.25) is 0 Å². The van der Waals surface area contributed by atoms with Gasteiger partial charge in [0.1, 0.15) is 10.7 Å². The van der Waals surface area contributed by atoms with Crippen LogP contribution in [0.1, 0.15) is 26.5 Å². The molecule has 104 valence electrons. The summed E-state index contributed by atoms with van der Waals surface area (Å²) >= 11 is 0. The van der Waals surface area contributed by atoms with Crippen LogP contribution >= 0.6 is 0 Å². The number of anilines is 2. The first-order valence-electron chi connectivity index (χ1n) is 5.58. The first kappa shape index (κ1) is 13.4. The van der Waals surface area contributed by atoms with Crippen LogP contribution in [0.3, 0.4) is 0 Å². The number of nitrogens with two attached hydrogens (primary N) is 1. The molecule has 9 heteroatoms. The molecular formula is C10H16N6O2S. The molecule has 0 radical (unpaired) electrons. The highest BCUT2D eigenvalue weighted by Crippen LogP contribution is 2.24. The Kier molecular flexibility index (Phi) is 3.01. The highest BCUT2D eigenvalue weighted by molar-refractivity contribution is 7.92. The summed E-state index contributed by atoms with van der Waals surface area (Å²) in [6.45, 7) is 5.98. The third-order valence-corrected chi connectivity index (χ3v) is 3.93. The number of hydrogen-bond acceptors (Lipinski definition) is 5. The van der Waals surface area contributed by atoms with Gasteiger partial charge >= 0.3 is 0 Å². The normalized spacial score (nSPS) is 12.6. The number of nitrogens with one attached hydrogen (secondary N) is 3. The fraction of sp³-hybridized carbons (Fsp3) is 0.400. The lowest BCUT2D eigenvalue weighted by atomic mass is 9.92. The third kappa shape index (κ3) is 2.70. The second-order valence-corrected chi connectivity index (χ2v) is 6.82. The zero-order chi connectivity index (χ0) is 14.3. The molecule has 0 saturated carbocycles. The lowest BCUT2D eigenvalue weighted by molar-refractivity contribution is 0.567. The molecule has 0 amide bonds. The van der Waals surface area contributed by atoms with Gasteiger partial charge in [0.25, 0.3) is 10.0 Å². The van der Waals surface area contributed by atoms with Crippen molar-refractivity contribution < 1.29 is 8.42 Å². The quantitative estimate of drug-likeness (QED) is 0.662. The molecule has 0 aliphatic heterocycles.